The summed E-state index contributed by atoms with van der Waals surface area (Å²) >= 11 is 0. The van der Waals surface area contributed by atoms with Gasteiger partial charge < -0.3 is 15.5 Å². The molecule has 7 nitrogen and oxygen atoms in total. The van der Waals surface area contributed by atoms with Crippen molar-refractivity contribution in [2.24, 2.45) is 28.7 Å². The topological polar surface area (TPSA) is 77.0 Å². The van der Waals surface area contributed by atoms with Gasteiger partial charge in [0.2, 0.25) is 11.8 Å². The molecule has 0 aromatic heterocycles. The molecule has 2 amide bonds. The van der Waals surface area contributed by atoms with Crippen molar-refractivity contribution in [3.05, 3.63) is 12.2 Å². The van der Waals surface area contributed by atoms with Crippen LogP contribution in [-0.2, 0) is 9.59 Å². The molecule has 2 N–H and O–H groups in total. The monoisotopic (exact) mass is 543 g/mol. The van der Waals surface area contributed by atoms with Crippen LogP contribution in [0.5, 0.6) is 0 Å². The van der Waals surface area contributed by atoms with Gasteiger partial charge in [0.15, 0.2) is 5.96 Å². The second kappa shape index (κ2) is 11.1. The number of hydrogen-bond donors (Lipinski definition) is 2. The summed E-state index contributed by atoms with van der Waals surface area (Å²) in [5.74, 6) is 1.30. The van der Waals surface area contributed by atoms with E-state index < -0.39 is 0 Å². The lowest BCUT2D eigenvalue weighted by Gasteiger charge is -2.24. The van der Waals surface area contributed by atoms with Crippen LogP contribution in [0.25, 0.3) is 0 Å². The van der Waals surface area contributed by atoms with Crippen LogP contribution in [-0.4, -0.2) is 73.4 Å². The molecule has 174 valence electrons. The third-order valence-corrected chi connectivity index (χ3v) is 7.42. The molecule has 1 heterocycles. The van der Waals surface area contributed by atoms with Gasteiger partial charge in [-0.2, -0.15) is 0 Å². The number of amides is 2. The second-order valence-electron chi connectivity index (χ2n) is 9.29. The maximum Gasteiger partial charge on any atom is 0.233 e. The van der Waals surface area contributed by atoms with Crippen molar-refractivity contribution in [2.45, 2.75) is 51.5 Å². The van der Waals surface area contributed by atoms with Crippen molar-refractivity contribution in [1.82, 2.24) is 20.4 Å². The number of carbonyl (C=O) groups is 2. The molecule has 3 aliphatic carbocycles. The van der Waals surface area contributed by atoms with E-state index in [2.05, 4.69) is 46.6 Å². The Balaban J connectivity index is 0.00000272. The fraction of sp³-hybridized carbons (Fsp3) is 0.783. The fourth-order valence-corrected chi connectivity index (χ4v) is 5.82. The first-order chi connectivity index (χ1) is 14.6. The van der Waals surface area contributed by atoms with E-state index in [1.54, 1.807) is 0 Å². The molecule has 0 aromatic rings. The number of rotatable bonds is 9. The molecule has 0 spiro atoms. The van der Waals surface area contributed by atoms with Gasteiger partial charge in [-0.15, -0.1) is 24.0 Å². The number of likely N-dealkylation sites (tertiary alicyclic amines) is 1. The van der Waals surface area contributed by atoms with Gasteiger partial charge in [0, 0.05) is 38.8 Å². The minimum absolute atomic E-state index is 0. The van der Waals surface area contributed by atoms with Crippen molar-refractivity contribution >= 4 is 41.8 Å². The zero-order chi connectivity index (χ0) is 21.1. The summed E-state index contributed by atoms with van der Waals surface area (Å²) < 4.78 is 0. The van der Waals surface area contributed by atoms with Crippen molar-refractivity contribution in [1.29, 1.82) is 0 Å². The highest BCUT2D eigenvalue weighted by atomic mass is 127. The molecule has 2 saturated carbocycles. The maximum absolute atomic E-state index is 12.7. The summed E-state index contributed by atoms with van der Waals surface area (Å²) in [5, 5.41) is 6.70. The van der Waals surface area contributed by atoms with Gasteiger partial charge in [-0.1, -0.05) is 25.0 Å². The van der Waals surface area contributed by atoms with E-state index in [0.29, 0.717) is 19.5 Å². The third-order valence-electron chi connectivity index (χ3n) is 7.42. The number of aliphatic imine (C=N–C) groups is 1. The zero-order valence-electron chi connectivity index (χ0n) is 18.9. The van der Waals surface area contributed by atoms with Crippen LogP contribution in [0.2, 0.25) is 0 Å². The highest BCUT2D eigenvalue weighted by molar-refractivity contribution is 14.0. The van der Waals surface area contributed by atoms with E-state index in [4.69, 9.17) is 0 Å². The lowest BCUT2D eigenvalue weighted by atomic mass is 9.85. The Morgan fingerprint density at radius 3 is 2.39 bits per heavy atom. The smallest absolute Gasteiger partial charge is 0.233 e. The summed E-state index contributed by atoms with van der Waals surface area (Å²) in [6.45, 7) is 5.83. The highest BCUT2D eigenvalue weighted by Gasteiger charge is 2.58. The largest absolute Gasteiger partial charge is 0.357 e. The molecular weight excluding hydrogens is 505 g/mol. The standard InChI is InChI=1S/C23H37N5O2.HI/c1-3-24-23(26-12-14-27(2)18-7-4-5-8-18)25-11-6-13-28-21(29)19-16-9-10-17(15-16)20(19)22(28)30;/h9-10,16-20H,3-8,11-15H2,1-2H3,(H2,24,25,26);1H. The highest BCUT2D eigenvalue weighted by Crippen LogP contribution is 2.52. The summed E-state index contributed by atoms with van der Waals surface area (Å²) in [7, 11) is 2.21. The number of nitrogens with one attached hydrogen (secondary N) is 2. The summed E-state index contributed by atoms with van der Waals surface area (Å²) in [4.78, 5) is 34.1. The third kappa shape index (κ3) is 5.26. The van der Waals surface area contributed by atoms with Gasteiger partial charge >= 0.3 is 0 Å². The quantitative estimate of drug-likeness (QED) is 0.117. The number of halogens is 1. The first-order valence-corrected chi connectivity index (χ1v) is 11.9. The molecule has 4 aliphatic rings. The minimum atomic E-state index is -0.0909. The molecule has 31 heavy (non-hydrogen) atoms. The molecule has 0 aromatic carbocycles. The molecule has 4 unspecified atom stereocenters. The van der Waals surface area contributed by atoms with Crippen LogP contribution in [0.15, 0.2) is 17.1 Å². The molecule has 8 heteroatoms. The van der Waals surface area contributed by atoms with Gasteiger partial charge in [0.1, 0.15) is 0 Å². The number of imide groups is 1. The SMILES string of the molecule is CCNC(=NCCCN1C(=O)C2C3C=CC(C3)C2C1=O)NCCN(C)C1CCCC1.I. The summed E-state index contributed by atoms with van der Waals surface area (Å²) in [6.07, 6.45) is 11.3. The van der Waals surface area contributed by atoms with Gasteiger partial charge in [-0.25, -0.2) is 0 Å². The van der Waals surface area contributed by atoms with Crippen molar-refractivity contribution in [3.8, 4) is 0 Å². The Hall–Kier alpha value is -1.16. The summed E-state index contributed by atoms with van der Waals surface area (Å²) in [6, 6.07) is 0.729. The lowest BCUT2D eigenvalue weighted by Crippen LogP contribution is -2.42. The fourth-order valence-electron chi connectivity index (χ4n) is 5.82. The van der Waals surface area contributed by atoms with Crippen molar-refractivity contribution < 1.29 is 9.59 Å². The van der Waals surface area contributed by atoms with Gasteiger partial charge in [0.25, 0.3) is 0 Å². The Morgan fingerprint density at radius 1 is 1.13 bits per heavy atom. The van der Waals surface area contributed by atoms with Crippen LogP contribution in [0, 0.1) is 23.7 Å². The van der Waals surface area contributed by atoms with Crippen LogP contribution in [0.3, 0.4) is 0 Å². The molecule has 3 fully saturated rings. The molecule has 1 saturated heterocycles. The zero-order valence-corrected chi connectivity index (χ0v) is 21.2. The Bertz CT molecular complexity index is 676. The number of likely N-dealkylation sites (N-methyl/N-ethyl adjacent to an activating group) is 1. The normalized spacial score (nSPS) is 29.8. The number of carbonyl (C=O) groups excluding carboxylic acids is 2. The van der Waals surface area contributed by atoms with Crippen LogP contribution in [0.1, 0.15) is 45.4 Å². The van der Waals surface area contributed by atoms with E-state index >= 15 is 0 Å². The Kier molecular flexibility index (Phi) is 8.78. The Morgan fingerprint density at radius 2 is 1.77 bits per heavy atom. The number of fused-ring (bicyclic) bond motifs is 5. The molecule has 1 aliphatic heterocycles. The maximum atomic E-state index is 12.7. The van der Waals surface area contributed by atoms with Crippen LogP contribution >= 0.6 is 24.0 Å². The average molecular weight is 543 g/mol. The molecular formula is C23H38IN5O2. The Labute approximate surface area is 203 Å². The number of hydrogen-bond acceptors (Lipinski definition) is 4. The van der Waals surface area contributed by atoms with E-state index in [1.807, 2.05) is 0 Å². The predicted molar refractivity (Wildman–Crippen MR) is 133 cm³/mol. The number of nitrogens with zero attached hydrogens (tertiary/aromatic N) is 3. The minimum Gasteiger partial charge on any atom is -0.357 e. The summed E-state index contributed by atoms with van der Waals surface area (Å²) in [5.41, 5.74) is 0. The molecule has 2 bridgehead atoms. The van der Waals surface area contributed by atoms with E-state index in [9.17, 15) is 9.59 Å². The molecule has 4 rings (SSSR count). The van der Waals surface area contributed by atoms with Crippen LogP contribution < -0.4 is 10.6 Å². The average Bonchev–Trinajstić information content (AvgIpc) is 3.52. The first-order valence-electron chi connectivity index (χ1n) is 11.9. The van der Waals surface area contributed by atoms with Crippen LogP contribution in [0.4, 0.5) is 0 Å². The van der Waals surface area contributed by atoms with Gasteiger partial charge in [-0.3, -0.25) is 19.5 Å². The molecule has 4 atom stereocenters. The van der Waals surface area contributed by atoms with E-state index in [1.165, 1.54) is 30.6 Å². The van der Waals surface area contributed by atoms with Crippen molar-refractivity contribution in [3.63, 3.8) is 0 Å². The van der Waals surface area contributed by atoms with Gasteiger partial charge in [0.05, 0.1) is 11.8 Å². The second-order valence-corrected chi connectivity index (χ2v) is 9.29. The van der Waals surface area contributed by atoms with E-state index in [-0.39, 0.29) is 59.5 Å². The number of allylic oxidation sites excluding steroid dienone is 2. The lowest BCUT2D eigenvalue weighted by molar-refractivity contribution is -0.140. The van der Waals surface area contributed by atoms with Crippen molar-refractivity contribution in [2.75, 3.05) is 39.8 Å². The molecule has 0 radical (unpaired) electrons. The first kappa shape index (κ1) is 24.5. The predicted octanol–water partition coefficient (Wildman–Crippen LogP) is 2.23. The van der Waals surface area contributed by atoms with Gasteiger partial charge in [-0.05, 0) is 51.5 Å². The number of guanidine groups is 1. The van der Waals surface area contributed by atoms with E-state index in [0.717, 1.165) is 38.1 Å².